The van der Waals surface area contributed by atoms with Crippen molar-refractivity contribution in [3.63, 3.8) is 0 Å². The van der Waals surface area contributed by atoms with Gasteiger partial charge in [-0.25, -0.2) is 0 Å². The van der Waals surface area contributed by atoms with Crippen LogP contribution in [0, 0.1) is 5.92 Å². The molecule has 2 atom stereocenters. The Kier molecular flexibility index (Phi) is 3.77. The molecule has 0 radical (unpaired) electrons. The minimum Gasteiger partial charge on any atom is -0.271 e. The lowest BCUT2D eigenvalue weighted by Crippen LogP contribution is -2.32. The van der Waals surface area contributed by atoms with E-state index >= 15 is 0 Å². The van der Waals surface area contributed by atoms with Crippen molar-refractivity contribution in [1.29, 1.82) is 0 Å². The first-order valence-electron chi connectivity index (χ1n) is 6.21. The average Bonchev–Trinajstić information content (AvgIpc) is 2.39. The number of rotatable bonds is 4. The van der Waals surface area contributed by atoms with Gasteiger partial charge in [0.15, 0.2) is 0 Å². The minimum atomic E-state index is 0.214. The van der Waals surface area contributed by atoms with E-state index in [2.05, 4.69) is 61.7 Å². The third kappa shape index (κ3) is 2.33. The Morgan fingerprint density at radius 1 is 1.12 bits per heavy atom. The Balaban J connectivity index is 2.53. The Morgan fingerprint density at radius 3 is 2.53 bits per heavy atom. The van der Waals surface area contributed by atoms with Crippen molar-refractivity contribution in [2.45, 2.75) is 26.3 Å². The van der Waals surface area contributed by atoms with E-state index in [1.54, 1.807) is 0 Å². The van der Waals surface area contributed by atoms with Crippen LogP contribution in [-0.4, -0.2) is 0 Å². The van der Waals surface area contributed by atoms with E-state index < -0.39 is 0 Å². The largest absolute Gasteiger partial charge is 0.271 e. The maximum absolute atomic E-state index is 5.72. The second kappa shape index (κ2) is 5.30. The van der Waals surface area contributed by atoms with Crippen LogP contribution in [0.25, 0.3) is 10.8 Å². The standard InChI is InChI=1S/C15H20N2/c1-3-11(2)15(17-16)14-10-6-8-12-7-4-5-9-13(12)14/h4-11,15,17H,3,16H2,1-2H3. The summed E-state index contributed by atoms with van der Waals surface area (Å²) in [4.78, 5) is 0. The number of benzene rings is 2. The molecule has 2 nitrogen and oxygen atoms in total. The van der Waals surface area contributed by atoms with E-state index in [9.17, 15) is 0 Å². The third-order valence-corrected chi connectivity index (χ3v) is 3.55. The quantitative estimate of drug-likeness (QED) is 0.622. The highest BCUT2D eigenvalue weighted by Gasteiger charge is 2.18. The molecule has 0 bridgehead atoms. The predicted molar refractivity (Wildman–Crippen MR) is 73.5 cm³/mol. The van der Waals surface area contributed by atoms with Gasteiger partial charge < -0.3 is 0 Å². The lowest BCUT2D eigenvalue weighted by atomic mass is 9.90. The SMILES string of the molecule is CCC(C)C(NN)c1cccc2ccccc12. The van der Waals surface area contributed by atoms with Gasteiger partial charge in [0.05, 0.1) is 0 Å². The molecule has 90 valence electrons. The summed E-state index contributed by atoms with van der Waals surface area (Å²) in [5.41, 5.74) is 4.25. The molecule has 0 amide bonds. The highest BCUT2D eigenvalue weighted by Crippen LogP contribution is 2.29. The zero-order chi connectivity index (χ0) is 12.3. The minimum absolute atomic E-state index is 0.214. The maximum atomic E-state index is 5.72. The summed E-state index contributed by atoms with van der Waals surface area (Å²) < 4.78 is 0. The zero-order valence-electron chi connectivity index (χ0n) is 10.5. The Morgan fingerprint density at radius 2 is 1.82 bits per heavy atom. The molecule has 0 heterocycles. The second-order valence-corrected chi connectivity index (χ2v) is 4.60. The van der Waals surface area contributed by atoms with Gasteiger partial charge in [-0.3, -0.25) is 11.3 Å². The Hall–Kier alpha value is -1.38. The molecule has 17 heavy (non-hydrogen) atoms. The second-order valence-electron chi connectivity index (χ2n) is 4.60. The lowest BCUT2D eigenvalue weighted by Gasteiger charge is -2.24. The molecule has 2 rings (SSSR count). The fraction of sp³-hybridized carbons (Fsp3) is 0.333. The number of hydrogen-bond acceptors (Lipinski definition) is 2. The summed E-state index contributed by atoms with van der Waals surface area (Å²) in [6, 6.07) is 15.1. The molecule has 2 aromatic rings. The molecule has 0 aliphatic rings. The highest BCUT2D eigenvalue weighted by molar-refractivity contribution is 5.86. The van der Waals surface area contributed by atoms with Crippen LogP contribution in [0.3, 0.4) is 0 Å². The van der Waals surface area contributed by atoms with E-state index in [-0.39, 0.29) is 6.04 Å². The number of fused-ring (bicyclic) bond motifs is 1. The van der Waals surface area contributed by atoms with Crippen LogP contribution in [0.4, 0.5) is 0 Å². The summed E-state index contributed by atoms with van der Waals surface area (Å²) in [6.45, 7) is 4.42. The van der Waals surface area contributed by atoms with Gasteiger partial charge in [-0.05, 0) is 22.3 Å². The molecule has 0 saturated heterocycles. The molecule has 0 aliphatic heterocycles. The van der Waals surface area contributed by atoms with E-state index in [1.165, 1.54) is 16.3 Å². The Labute approximate surface area is 103 Å². The van der Waals surface area contributed by atoms with Gasteiger partial charge in [0.1, 0.15) is 0 Å². The molecule has 2 heteroatoms. The summed E-state index contributed by atoms with van der Waals surface area (Å²) in [7, 11) is 0. The lowest BCUT2D eigenvalue weighted by molar-refractivity contribution is 0.385. The first-order chi connectivity index (χ1) is 8.27. The monoisotopic (exact) mass is 228 g/mol. The molecule has 0 aromatic heterocycles. The van der Waals surface area contributed by atoms with Crippen LogP contribution in [-0.2, 0) is 0 Å². The number of nitrogens with one attached hydrogen (secondary N) is 1. The van der Waals surface area contributed by atoms with Gasteiger partial charge in [-0.1, -0.05) is 62.7 Å². The topological polar surface area (TPSA) is 38.0 Å². The van der Waals surface area contributed by atoms with Crippen LogP contribution in [0.5, 0.6) is 0 Å². The maximum Gasteiger partial charge on any atom is 0.0491 e. The fourth-order valence-electron chi connectivity index (χ4n) is 2.32. The normalized spacial score (nSPS) is 14.8. The van der Waals surface area contributed by atoms with Gasteiger partial charge in [0.2, 0.25) is 0 Å². The molecular weight excluding hydrogens is 208 g/mol. The van der Waals surface area contributed by atoms with E-state index in [0.717, 1.165) is 6.42 Å². The first-order valence-corrected chi connectivity index (χ1v) is 6.21. The van der Waals surface area contributed by atoms with Crippen LogP contribution in [0.15, 0.2) is 42.5 Å². The molecule has 0 spiro atoms. The number of nitrogens with two attached hydrogens (primary N) is 1. The van der Waals surface area contributed by atoms with Gasteiger partial charge in [-0.15, -0.1) is 0 Å². The van der Waals surface area contributed by atoms with Crippen molar-refractivity contribution in [3.05, 3.63) is 48.0 Å². The Bertz CT molecular complexity index is 488. The third-order valence-electron chi connectivity index (χ3n) is 3.55. The van der Waals surface area contributed by atoms with Crippen molar-refractivity contribution in [2.75, 3.05) is 0 Å². The van der Waals surface area contributed by atoms with E-state index in [4.69, 9.17) is 5.84 Å². The van der Waals surface area contributed by atoms with Crippen molar-refractivity contribution in [1.82, 2.24) is 5.43 Å². The smallest absolute Gasteiger partial charge is 0.0491 e. The van der Waals surface area contributed by atoms with Crippen molar-refractivity contribution >= 4 is 10.8 Å². The molecule has 2 unspecified atom stereocenters. The fourth-order valence-corrected chi connectivity index (χ4v) is 2.32. The van der Waals surface area contributed by atoms with E-state index in [0.29, 0.717) is 5.92 Å². The predicted octanol–water partition coefficient (Wildman–Crippen LogP) is 3.39. The molecule has 0 fully saturated rings. The van der Waals surface area contributed by atoms with Gasteiger partial charge in [0.25, 0.3) is 0 Å². The van der Waals surface area contributed by atoms with Gasteiger partial charge in [-0.2, -0.15) is 0 Å². The van der Waals surface area contributed by atoms with Crippen LogP contribution in [0.1, 0.15) is 31.9 Å². The van der Waals surface area contributed by atoms with Gasteiger partial charge >= 0.3 is 0 Å². The van der Waals surface area contributed by atoms with Crippen LogP contribution in [0.2, 0.25) is 0 Å². The van der Waals surface area contributed by atoms with Crippen molar-refractivity contribution in [3.8, 4) is 0 Å². The summed E-state index contributed by atoms with van der Waals surface area (Å²) in [5, 5.41) is 2.56. The van der Waals surface area contributed by atoms with Gasteiger partial charge in [0, 0.05) is 6.04 Å². The molecule has 0 saturated carbocycles. The van der Waals surface area contributed by atoms with Crippen LogP contribution >= 0.6 is 0 Å². The summed E-state index contributed by atoms with van der Waals surface area (Å²) in [6.07, 6.45) is 1.11. The van der Waals surface area contributed by atoms with Crippen molar-refractivity contribution < 1.29 is 0 Å². The summed E-state index contributed by atoms with van der Waals surface area (Å²) in [5.74, 6) is 6.24. The average molecular weight is 228 g/mol. The molecule has 3 N–H and O–H groups in total. The molecule has 0 aliphatic carbocycles. The van der Waals surface area contributed by atoms with Crippen molar-refractivity contribution in [2.24, 2.45) is 11.8 Å². The zero-order valence-corrected chi connectivity index (χ0v) is 10.5. The van der Waals surface area contributed by atoms with E-state index in [1.807, 2.05) is 0 Å². The first kappa shape index (κ1) is 12.1. The molecule has 2 aromatic carbocycles. The number of hydrogen-bond donors (Lipinski definition) is 2. The summed E-state index contributed by atoms with van der Waals surface area (Å²) >= 11 is 0. The highest BCUT2D eigenvalue weighted by atomic mass is 15.2. The molecular formula is C15H20N2. The van der Waals surface area contributed by atoms with Crippen LogP contribution < -0.4 is 11.3 Å². The number of hydrazine groups is 1.